The van der Waals surface area contributed by atoms with Crippen LogP contribution in [0.1, 0.15) is 26.0 Å². The second kappa shape index (κ2) is 5.44. The average Bonchev–Trinajstić information content (AvgIpc) is 2.24. The third kappa shape index (κ3) is 3.18. The van der Waals surface area contributed by atoms with Crippen molar-refractivity contribution in [2.24, 2.45) is 0 Å². The molecule has 0 fully saturated rings. The van der Waals surface area contributed by atoms with Crippen molar-refractivity contribution in [3.05, 3.63) is 18.1 Å². The highest BCUT2D eigenvalue weighted by atomic mass is 16.4. The zero-order chi connectivity index (χ0) is 12.1. The van der Waals surface area contributed by atoms with Gasteiger partial charge in [-0.25, -0.2) is 9.97 Å². The molecule has 0 bridgehead atoms. The number of aryl methyl sites for hydroxylation is 1. The van der Waals surface area contributed by atoms with Gasteiger partial charge in [0, 0.05) is 17.8 Å². The Morgan fingerprint density at radius 1 is 1.56 bits per heavy atom. The van der Waals surface area contributed by atoms with E-state index in [-0.39, 0.29) is 12.6 Å². The summed E-state index contributed by atoms with van der Waals surface area (Å²) in [5.74, 6) is -0.180. The van der Waals surface area contributed by atoms with Gasteiger partial charge in [-0.2, -0.15) is 0 Å². The van der Waals surface area contributed by atoms with Gasteiger partial charge in [0.1, 0.15) is 18.7 Å². The Labute approximate surface area is 95.1 Å². The predicted molar refractivity (Wildman–Crippen MR) is 61.5 cm³/mol. The smallest absolute Gasteiger partial charge is 0.323 e. The van der Waals surface area contributed by atoms with Crippen molar-refractivity contribution in [2.45, 2.75) is 33.2 Å². The molecule has 0 aliphatic carbocycles. The van der Waals surface area contributed by atoms with Crippen LogP contribution >= 0.6 is 0 Å². The van der Waals surface area contributed by atoms with E-state index < -0.39 is 5.97 Å². The van der Waals surface area contributed by atoms with Gasteiger partial charge in [-0.05, 0) is 20.3 Å². The van der Waals surface area contributed by atoms with Gasteiger partial charge in [-0.3, -0.25) is 4.79 Å². The molecule has 5 nitrogen and oxygen atoms in total. The summed E-state index contributed by atoms with van der Waals surface area (Å²) in [6.07, 6.45) is 2.33. The molecule has 1 aromatic rings. The molecule has 0 aliphatic heterocycles. The van der Waals surface area contributed by atoms with Crippen LogP contribution in [-0.2, 0) is 4.79 Å². The minimum Gasteiger partial charge on any atom is -0.480 e. The molecule has 16 heavy (non-hydrogen) atoms. The zero-order valence-corrected chi connectivity index (χ0v) is 9.84. The van der Waals surface area contributed by atoms with Crippen LogP contribution in [0.2, 0.25) is 0 Å². The summed E-state index contributed by atoms with van der Waals surface area (Å²) in [5.41, 5.74) is 0.837. The summed E-state index contributed by atoms with van der Waals surface area (Å²) in [7, 11) is 0. The quantitative estimate of drug-likeness (QED) is 0.818. The van der Waals surface area contributed by atoms with E-state index in [4.69, 9.17) is 5.11 Å². The number of nitrogens with zero attached hydrogens (tertiary/aromatic N) is 3. The van der Waals surface area contributed by atoms with Gasteiger partial charge in [0.2, 0.25) is 0 Å². The first-order valence-electron chi connectivity index (χ1n) is 5.31. The lowest BCUT2D eigenvalue weighted by Crippen LogP contribution is -2.37. The van der Waals surface area contributed by atoms with Crippen molar-refractivity contribution in [3.8, 4) is 0 Å². The van der Waals surface area contributed by atoms with E-state index in [9.17, 15) is 4.79 Å². The van der Waals surface area contributed by atoms with Crippen molar-refractivity contribution in [2.75, 3.05) is 11.4 Å². The molecule has 0 aliphatic rings. The van der Waals surface area contributed by atoms with Crippen LogP contribution in [0.25, 0.3) is 0 Å². The number of hydrogen-bond donors (Lipinski definition) is 1. The lowest BCUT2D eigenvalue weighted by molar-refractivity contribution is -0.135. The van der Waals surface area contributed by atoms with Crippen LogP contribution in [0.4, 0.5) is 5.82 Å². The van der Waals surface area contributed by atoms with Crippen LogP contribution in [0.3, 0.4) is 0 Å². The Bertz CT molecular complexity index is 368. The number of anilines is 1. The molecule has 1 unspecified atom stereocenters. The summed E-state index contributed by atoms with van der Waals surface area (Å²) < 4.78 is 0. The van der Waals surface area contributed by atoms with Gasteiger partial charge in [0.15, 0.2) is 0 Å². The third-order valence-corrected chi connectivity index (χ3v) is 2.51. The van der Waals surface area contributed by atoms with Crippen LogP contribution < -0.4 is 4.90 Å². The molecule has 1 heterocycles. The molecule has 0 amide bonds. The monoisotopic (exact) mass is 223 g/mol. The highest BCUT2D eigenvalue weighted by molar-refractivity contribution is 5.73. The molecule has 0 aromatic carbocycles. The summed E-state index contributed by atoms with van der Waals surface area (Å²) >= 11 is 0. The van der Waals surface area contributed by atoms with Crippen molar-refractivity contribution in [3.63, 3.8) is 0 Å². The molecule has 1 atom stereocenters. The molecule has 1 rings (SSSR count). The average molecular weight is 223 g/mol. The first kappa shape index (κ1) is 12.4. The van der Waals surface area contributed by atoms with Crippen LogP contribution in [0, 0.1) is 6.92 Å². The van der Waals surface area contributed by atoms with Crippen molar-refractivity contribution in [1.82, 2.24) is 9.97 Å². The van der Waals surface area contributed by atoms with Crippen molar-refractivity contribution in [1.29, 1.82) is 0 Å². The zero-order valence-electron chi connectivity index (χ0n) is 9.84. The fraction of sp³-hybridized carbons (Fsp3) is 0.545. The molecule has 88 valence electrons. The summed E-state index contributed by atoms with van der Waals surface area (Å²) in [6, 6.07) is 1.94. The Balaban J connectivity index is 2.95. The number of hydrogen-bond acceptors (Lipinski definition) is 4. The summed E-state index contributed by atoms with van der Waals surface area (Å²) in [5, 5.41) is 8.87. The van der Waals surface area contributed by atoms with Gasteiger partial charge >= 0.3 is 5.97 Å². The molecular formula is C11H17N3O2. The number of aromatic nitrogens is 2. The normalized spacial score (nSPS) is 12.2. The van der Waals surface area contributed by atoms with Gasteiger partial charge in [-0.1, -0.05) is 6.92 Å². The molecule has 1 aromatic heterocycles. The van der Waals surface area contributed by atoms with Gasteiger partial charge < -0.3 is 10.0 Å². The van der Waals surface area contributed by atoms with Gasteiger partial charge in [0.25, 0.3) is 0 Å². The SMILES string of the molecule is CCC(C)N(CC(=O)O)c1cc(C)ncn1. The molecule has 5 heteroatoms. The van der Waals surface area contributed by atoms with Crippen molar-refractivity contribution >= 4 is 11.8 Å². The molecular weight excluding hydrogens is 206 g/mol. The first-order valence-corrected chi connectivity index (χ1v) is 5.31. The maximum Gasteiger partial charge on any atom is 0.323 e. The predicted octanol–water partition coefficient (Wildman–Crippen LogP) is 1.47. The number of carboxylic acids is 1. The molecule has 0 saturated carbocycles. The molecule has 0 saturated heterocycles. The molecule has 0 radical (unpaired) electrons. The van der Waals surface area contributed by atoms with Gasteiger partial charge in [0.05, 0.1) is 0 Å². The summed E-state index contributed by atoms with van der Waals surface area (Å²) in [6.45, 7) is 5.83. The van der Waals surface area contributed by atoms with Crippen LogP contribution in [0.15, 0.2) is 12.4 Å². The van der Waals surface area contributed by atoms with E-state index in [0.717, 1.165) is 12.1 Å². The number of carboxylic acid groups (broad SMARTS) is 1. The lowest BCUT2D eigenvalue weighted by Gasteiger charge is -2.27. The number of carbonyl (C=O) groups is 1. The molecule has 1 N–H and O–H groups in total. The van der Waals surface area contributed by atoms with E-state index in [1.54, 1.807) is 11.0 Å². The number of aliphatic carboxylic acids is 1. The Morgan fingerprint density at radius 2 is 2.25 bits per heavy atom. The minimum atomic E-state index is -0.850. The highest BCUT2D eigenvalue weighted by Gasteiger charge is 2.17. The Morgan fingerprint density at radius 3 is 2.75 bits per heavy atom. The maximum absolute atomic E-state index is 10.8. The Kier molecular flexibility index (Phi) is 4.22. The standard InChI is InChI=1S/C11H17N3O2/c1-4-9(3)14(6-11(15)16)10-5-8(2)12-7-13-10/h5,7,9H,4,6H2,1-3H3,(H,15,16). The highest BCUT2D eigenvalue weighted by Crippen LogP contribution is 2.15. The molecule has 0 spiro atoms. The van der Waals surface area contributed by atoms with E-state index in [1.165, 1.54) is 6.33 Å². The van der Waals surface area contributed by atoms with E-state index in [2.05, 4.69) is 9.97 Å². The Hall–Kier alpha value is -1.65. The summed E-state index contributed by atoms with van der Waals surface area (Å²) in [4.78, 5) is 20.7. The first-order chi connectivity index (χ1) is 7.54. The van der Waals surface area contributed by atoms with Crippen LogP contribution in [0.5, 0.6) is 0 Å². The van der Waals surface area contributed by atoms with E-state index in [0.29, 0.717) is 5.82 Å². The van der Waals surface area contributed by atoms with Crippen LogP contribution in [-0.4, -0.2) is 33.6 Å². The lowest BCUT2D eigenvalue weighted by atomic mass is 10.2. The fourth-order valence-corrected chi connectivity index (χ4v) is 1.43. The topological polar surface area (TPSA) is 66.3 Å². The third-order valence-electron chi connectivity index (χ3n) is 2.51. The number of rotatable bonds is 5. The maximum atomic E-state index is 10.8. The van der Waals surface area contributed by atoms with Crippen molar-refractivity contribution < 1.29 is 9.90 Å². The van der Waals surface area contributed by atoms with E-state index >= 15 is 0 Å². The fourth-order valence-electron chi connectivity index (χ4n) is 1.43. The second-order valence-corrected chi connectivity index (χ2v) is 3.80. The minimum absolute atomic E-state index is 0.0363. The second-order valence-electron chi connectivity index (χ2n) is 3.80. The van der Waals surface area contributed by atoms with Gasteiger partial charge in [-0.15, -0.1) is 0 Å². The largest absolute Gasteiger partial charge is 0.480 e. The van der Waals surface area contributed by atoms with E-state index in [1.807, 2.05) is 20.8 Å².